The molecule has 1 aliphatic carbocycles. The zero-order valence-electron chi connectivity index (χ0n) is 23.7. The number of para-hydroxylation sites is 1. The van der Waals surface area contributed by atoms with E-state index in [9.17, 15) is 9.59 Å². The summed E-state index contributed by atoms with van der Waals surface area (Å²) in [6.07, 6.45) is 13.1. The second-order valence-electron chi connectivity index (χ2n) is 10.7. The van der Waals surface area contributed by atoms with Crippen molar-refractivity contribution in [3.8, 4) is 5.75 Å². The first kappa shape index (κ1) is 32.0. The number of thiocarbonyl (C=S) groups is 1. The molecular formula is C32H33Cl2N3O3S3. The Labute approximate surface area is 276 Å². The number of carbonyl (C=O) groups excluding carboxylic acids is 2. The first-order valence-electron chi connectivity index (χ1n) is 14.6. The Kier molecular flexibility index (Phi) is 11.5. The standard InChI is InChI=1S/C32H33Cl2N3O3S3/c33-25-15-14-21(18-26(25)34)17-24-20-35-31(42-24)36-29(38)13-5-2-8-16-37-30(39)28(43-32(37)41)19-22-9-6-7-12-27(22)40-23-10-3-1-4-11-23/h6-7,9,12,14-15,18-20,23H,1-5,8,10-11,13,16-17H2,(H,35,36,38)/b28-19-. The van der Waals surface area contributed by atoms with Crippen LogP contribution in [0.15, 0.2) is 53.6 Å². The number of hydrogen-bond acceptors (Lipinski definition) is 7. The Balaban J connectivity index is 1.04. The van der Waals surface area contributed by atoms with Crippen molar-refractivity contribution in [1.82, 2.24) is 9.88 Å². The average Bonchev–Trinajstić information content (AvgIpc) is 3.54. The number of thioether (sulfide) groups is 1. The number of nitrogens with one attached hydrogen (secondary N) is 1. The number of rotatable bonds is 12. The highest BCUT2D eigenvalue weighted by Crippen LogP contribution is 2.35. The third-order valence-corrected chi connectivity index (χ3v) is 10.4. The summed E-state index contributed by atoms with van der Waals surface area (Å²) in [5.74, 6) is 0.678. The summed E-state index contributed by atoms with van der Waals surface area (Å²) in [6, 6.07) is 13.4. The Bertz CT molecular complexity index is 1500. The van der Waals surface area contributed by atoms with Crippen LogP contribution in [-0.2, 0) is 16.0 Å². The molecule has 0 unspecified atom stereocenters. The Morgan fingerprint density at radius 1 is 1.09 bits per heavy atom. The van der Waals surface area contributed by atoms with E-state index in [-0.39, 0.29) is 17.9 Å². The monoisotopic (exact) mass is 673 g/mol. The SMILES string of the molecule is O=C(CCCCCN1C(=O)/C(=C/c2ccccc2OC2CCCCC2)SC1=S)Nc1ncc(Cc2ccc(Cl)c(Cl)c2)s1. The van der Waals surface area contributed by atoms with Crippen LogP contribution in [0.3, 0.4) is 0 Å². The third-order valence-electron chi connectivity index (χ3n) is 7.37. The zero-order valence-corrected chi connectivity index (χ0v) is 27.6. The number of amides is 2. The molecule has 2 aromatic carbocycles. The van der Waals surface area contributed by atoms with Crippen molar-refractivity contribution in [3.05, 3.63) is 79.6 Å². The molecule has 226 valence electrons. The minimum atomic E-state index is -0.0712. The number of hydrogen-bond donors (Lipinski definition) is 1. The lowest BCUT2D eigenvalue weighted by Gasteiger charge is -2.23. The molecule has 1 saturated heterocycles. The summed E-state index contributed by atoms with van der Waals surface area (Å²) in [7, 11) is 0. The van der Waals surface area contributed by atoms with Gasteiger partial charge in [-0.2, -0.15) is 0 Å². The lowest BCUT2D eigenvalue weighted by molar-refractivity contribution is -0.122. The molecule has 1 aliphatic heterocycles. The fourth-order valence-corrected chi connectivity index (χ4v) is 7.60. The minimum absolute atomic E-state index is 0.0688. The number of thiazole rings is 1. The van der Waals surface area contributed by atoms with Crippen LogP contribution in [0.1, 0.15) is 73.8 Å². The van der Waals surface area contributed by atoms with E-state index in [1.165, 1.54) is 42.4 Å². The highest BCUT2D eigenvalue weighted by atomic mass is 35.5. The molecule has 11 heteroatoms. The second kappa shape index (κ2) is 15.5. The topological polar surface area (TPSA) is 71.5 Å². The number of halogens is 2. The average molecular weight is 675 g/mol. The maximum Gasteiger partial charge on any atom is 0.266 e. The van der Waals surface area contributed by atoms with E-state index in [0.29, 0.717) is 50.2 Å². The van der Waals surface area contributed by atoms with Crippen molar-refractivity contribution in [3.63, 3.8) is 0 Å². The molecule has 2 heterocycles. The Morgan fingerprint density at radius 2 is 1.91 bits per heavy atom. The van der Waals surface area contributed by atoms with Gasteiger partial charge in [0, 0.05) is 36.0 Å². The summed E-state index contributed by atoms with van der Waals surface area (Å²) in [6.45, 7) is 0.536. The van der Waals surface area contributed by atoms with E-state index in [2.05, 4.69) is 10.3 Å². The van der Waals surface area contributed by atoms with Gasteiger partial charge in [0.1, 0.15) is 10.1 Å². The van der Waals surface area contributed by atoms with Crippen LogP contribution >= 0.6 is 58.5 Å². The predicted molar refractivity (Wildman–Crippen MR) is 182 cm³/mol. The molecule has 2 fully saturated rings. The fourth-order valence-electron chi connectivity index (χ4n) is 5.12. The summed E-state index contributed by atoms with van der Waals surface area (Å²) in [5.41, 5.74) is 1.93. The van der Waals surface area contributed by atoms with Gasteiger partial charge in [0.15, 0.2) is 5.13 Å². The number of benzene rings is 2. The quantitative estimate of drug-likeness (QED) is 0.117. The molecule has 0 atom stereocenters. The molecule has 6 nitrogen and oxygen atoms in total. The predicted octanol–water partition coefficient (Wildman–Crippen LogP) is 9.15. The van der Waals surface area contributed by atoms with E-state index in [4.69, 9.17) is 40.2 Å². The van der Waals surface area contributed by atoms with E-state index in [1.54, 1.807) is 17.2 Å². The number of nitrogens with zero attached hydrogens (tertiary/aromatic N) is 2. The van der Waals surface area contributed by atoms with E-state index in [1.807, 2.05) is 42.5 Å². The van der Waals surface area contributed by atoms with Crippen LogP contribution < -0.4 is 10.1 Å². The summed E-state index contributed by atoms with van der Waals surface area (Å²) < 4.78 is 6.88. The van der Waals surface area contributed by atoms with Gasteiger partial charge in [-0.25, -0.2) is 4.98 Å². The molecule has 43 heavy (non-hydrogen) atoms. The van der Waals surface area contributed by atoms with Gasteiger partial charge in [0.25, 0.3) is 5.91 Å². The summed E-state index contributed by atoms with van der Waals surface area (Å²) >= 11 is 20.4. The highest BCUT2D eigenvalue weighted by molar-refractivity contribution is 8.26. The largest absolute Gasteiger partial charge is 0.490 e. The van der Waals surface area contributed by atoms with Crippen molar-refractivity contribution in [2.45, 2.75) is 70.3 Å². The third kappa shape index (κ3) is 9.05. The van der Waals surface area contributed by atoms with Crippen molar-refractivity contribution >= 4 is 85.9 Å². The van der Waals surface area contributed by atoms with Crippen molar-refractivity contribution in [2.24, 2.45) is 0 Å². The molecule has 1 N–H and O–H groups in total. The van der Waals surface area contributed by atoms with Gasteiger partial charge in [-0.05, 0) is 68.4 Å². The van der Waals surface area contributed by atoms with Crippen LogP contribution in [0.4, 0.5) is 5.13 Å². The smallest absolute Gasteiger partial charge is 0.266 e. The fraction of sp³-hybridized carbons (Fsp3) is 0.375. The first-order valence-corrected chi connectivity index (χ1v) is 17.3. The van der Waals surface area contributed by atoms with E-state index < -0.39 is 0 Å². The lowest BCUT2D eigenvalue weighted by atomic mass is 9.97. The minimum Gasteiger partial charge on any atom is -0.490 e. The number of aromatic nitrogens is 1. The molecule has 0 bridgehead atoms. The van der Waals surface area contributed by atoms with Crippen molar-refractivity contribution in [2.75, 3.05) is 11.9 Å². The second-order valence-corrected chi connectivity index (χ2v) is 14.3. The van der Waals surface area contributed by atoms with E-state index in [0.717, 1.165) is 47.4 Å². The maximum atomic E-state index is 13.2. The van der Waals surface area contributed by atoms with Gasteiger partial charge in [-0.3, -0.25) is 14.5 Å². The Hall–Kier alpha value is -2.43. The van der Waals surface area contributed by atoms with Gasteiger partial charge in [0.05, 0.1) is 21.1 Å². The Morgan fingerprint density at radius 3 is 2.72 bits per heavy atom. The number of unbranched alkanes of at least 4 members (excludes halogenated alkanes) is 2. The molecular weight excluding hydrogens is 641 g/mol. The maximum absolute atomic E-state index is 13.2. The van der Waals surface area contributed by atoms with Gasteiger partial charge in [-0.1, -0.05) is 84.3 Å². The number of anilines is 1. The normalized spacial score (nSPS) is 16.7. The molecule has 1 aromatic heterocycles. The van der Waals surface area contributed by atoms with Gasteiger partial charge >= 0.3 is 0 Å². The van der Waals surface area contributed by atoms with Crippen molar-refractivity contribution < 1.29 is 14.3 Å². The molecule has 2 aliphatic rings. The number of ether oxygens (including phenoxy) is 1. The van der Waals surface area contributed by atoms with E-state index >= 15 is 0 Å². The summed E-state index contributed by atoms with van der Waals surface area (Å²) in [4.78, 5) is 33.3. The molecule has 3 aromatic rings. The first-order chi connectivity index (χ1) is 20.9. The molecule has 0 spiro atoms. The van der Waals surface area contributed by atoms with Gasteiger partial charge in [0.2, 0.25) is 5.91 Å². The van der Waals surface area contributed by atoms with Crippen molar-refractivity contribution in [1.29, 1.82) is 0 Å². The van der Waals surface area contributed by atoms with Crippen LogP contribution in [0.5, 0.6) is 5.75 Å². The van der Waals surface area contributed by atoms with Gasteiger partial charge < -0.3 is 10.1 Å². The van der Waals surface area contributed by atoms with Crippen LogP contribution in [0.25, 0.3) is 6.08 Å². The van der Waals surface area contributed by atoms with Crippen LogP contribution in [0, 0.1) is 0 Å². The summed E-state index contributed by atoms with van der Waals surface area (Å²) in [5, 5.41) is 4.51. The lowest BCUT2D eigenvalue weighted by Crippen LogP contribution is -2.29. The molecule has 0 radical (unpaired) electrons. The highest BCUT2D eigenvalue weighted by Gasteiger charge is 2.31. The van der Waals surface area contributed by atoms with Crippen LogP contribution in [0.2, 0.25) is 10.0 Å². The van der Waals surface area contributed by atoms with Crippen LogP contribution in [-0.4, -0.2) is 38.7 Å². The molecule has 2 amide bonds. The zero-order chi connectivity index (χ0) is 30.2. The molecule has 1 saturated carbocycles. The molecule has 5 rings (SSSR count). The van der Waals surface area contributed by atoms with Gasteiger partial charge in [-0.15, -0.1) is 11.3 Å². The number of carbonyl (C=O) groups is 2.